The highest BCUT2D eigenvalue weighted by Gasteiger charge is 2.13. The molecule has 0 saturated heterocycles. The van der Waals surface area contributed by atoms with Gasteiger partial charge in [-0.05, 0) is 72.1 Å². The summed E-state index contributed by atoms with van der Waals surface area (Å²) in [7, 11) is 0. The van der Waals surface area contributed by atoms with Crippen molar-refractivity contribution in [1.82, 2.24) is 19.6 Å². The van der Waals surface area contributed by atoms with E-state index in [1.165, 1.54) is 12.1 Å². The topological polar surface area (TPSA) is 64.7 Å². The van der Waals surface area contributed by atoms with E-state index in [0.717, 1.165) is 32.7 Å². The molecule has 0 spiro atoms. The number of carbonyl (C=O) groups excluding carboxylic acids is 1. The minimum absolute atomic E-state index is 0.254. The first-order valence-corrected chi connectivity index (χ1v) is 11.5. The van der Waals surface area contributed by atoms with Gasteiger partial charge < -0.3 is 5.32 Å². The van der Waals surface area contributed by atoms with Crippen molar-refractivity contribution in [3.63, 3.8) is 0 Å². The average Bonchev–Trinajstić information content (AvgIpc) is 3.23. The summed E-state index contributed by atoms with van der Waals surface area (Å²) in [5.41, 5.74) is 5.04. The van der Waals surface area contributed by atoms with E-state index in [0.29, 0.717) is 29.5 Å². The second-order valence-corrected chi connectivity index (χ2v) is 9.06. The molecule has 170 valence electrons. The maximum Gasteiger partial charge on any atom is 0.256 e. The van der Waals surface area contributed by atoms with E-state index < -0.39 is 0 Å². The number of nitrogens with one attached hydrogen (secondary N) is 1. The molecular weight excluding hydrogens is 509 g/mol. The molecule has 0 saturated carbocycles. The molecule has 9 heteroatoms. The van der Waals surface area contributed by atoms with Crippen LogP contribution in [0.25, 0.3) is 0 Å². The number of carbonyl (C=O) groups is 1. The molecule has 2 aromatic carbocycles. The molecule has 0 atom stereocenters. The minimum Gasteiger partial charge on any atom is -0.305 e. The number of hydrogen-bond donors (Lipinski definition) is 1. The number of hydrogen-bond acceptors (Lipinski definition) is 3. The third kappa shape index (κ3) is 5.17. The molecule has 1 amide bonds. The molecule has 0 aliphatic rings. The maximum absolute atomic E-state index is 13.3. The third-order valence-electron chi connectivity index (χ3n) is 5.37. The summed E-state index contributed by atoms with van der Waals surface area (Å²) in [5.74, 6) is -0.207. The van der Waals surface area contributed by atoms with Gasteiger partial charge in [0.2, 0.25) is 0 Å². The van der Waals surface area contributed by atoms with Gasteiger partial charge in [-0.1, -0.05) is 29.8 Å². The van der Waals surface area contributed by atoms with E-state index in [1.807, 2.05) is 43.7 Å². The maximum atomic E-state index is 13.3. The van der Waals surface area contributed by atoms with Crippen LogP contribution in [0.2, 0.25) is 5.02 Å². The summed E-state index contributed by atoms with van der Waals surface area (Å²) in [6.07, 6.45) is 0. The van der Waals surface area contributed by atoms with Crippen molar-refractivity contribution in [2.45, 2.75) is 33.9 Å². The van der Waals surface area contributed by atoms with Crippen molar-refractivity contribution in [3.05, 3.63) is 97.6 Å². The Hall–Kier alpha value is -2.97. The fourth-order valence-electron chi connectivity index (χ4n) is 3.54. The number of benzene rings is 2. The lowest BCUT2D eigenvalue weighted by Crippen LogP contribution is -2.14. The molecule has 0 unspecified atom stereocenters. The van der Waals surface area contributed by atoms with Gasteiger partial charge in [0.15, 0.2) is 5.82 Å². The summed E-state index contributed by atoms with van der Waals surface area (Å²) < 4.78 is 17.9. The van der Waals surface area contributed by atoms with Crippen LogP contribution in [-0.2, 0) is 13.1 Å². The van der Waals surface area contributed by atoms with Crippen LogP contribution in [0.5, 0.6) is 0 Å². The lowest BCUT2D eigenvalue weighted by Gasteiger charge is -2.08. The smallest absolute Gasteiger partial charge is 0.256 e. The molecule has 0 bridgehead atoms. The van der Waals surface area contributed by atoms with E-state index in [4.69, 9.17) is 11.6 Å². The highest BCUT2D eigenvalue weighted by atomic mass is 79.9. The summed E-state index contributed by atoms with van der Waals surface area (Å²) in [5, 5.41) is 12.2. The second kappa shape index (κ2) is 9.49. The van der Waals surface area contributed by atoms with Crippen molar-refractivity contribution in [2.75, 3.05) is 5.32 Å². The first-order valence-electron chi connectivity index (χ1n) is 10.3. The van der Waals surface area contributed by atoms with E-state index in [1.54, 1.807) is 22.9 Å². The predicted molar refractivity (Wildman–Crippen MR) is 130 cm³/mol. The molecule has 4 rings (SSSR count). The fourth-order valence-corrected chi connectivity index (χ4v) is 4.05. The first-order chi connectivity index (χ1) is 15.7. The zero-order chi connectivity index (χ0) is 23.7. The SMILES string of the molecule is Cc1nn(Cc2cccc(C(=O)Nc3cc(C)n(Cc4ccc(F)cc4Cl)n3)c2)c(C)c1Br. The molecular formula is C24H22BrClFN5O. The van der Waals surface area contributed by atoms with Crippen LogP contribution < -0.4 is 5.32 Å². The monoisotopic (exact) mass is 529 g/mol. The van der Waals surface area contributed by atoms with Gasteiger partial charge in [0.25, 0.3) is 5.91 Å². The van der Waals surface area contributed by atoms with Crippen LogP contribution in [0, 0.1) is 26.6 Å². The number of nitrogens with zero attached hydrogens (tertiary/aromatic N) is 4. The third-order valence-corrected chi connectivity index (χ3v) is 6.87. The van der Waals surface area contributed by atoms with Crippen molar-refractivity contribution >= 4 is 39.3 Å². The van der Waals surface area contributed by atoms with Crippen LogP contribution in [0.3, 0.4) is 0 Å². The molecule has 0 aliphatic carbocycles. The number of amides is 1. The van der Waals surface area contributed by atoms with Crippen LogP contribution in [0.4, 0.5) is 10.2 Å². The fraction of sp³-hybridized carbons (Fsp3) is 0.208. The van der Waals surface area contributed by atoms with Crippen molar-refractivity contribution in [3.8, 4) is 0 Å². The van der Waals surface area contributed by atoms with Gasteiger partial charge in [-0.15, -0.1) is 0 Å². The van der Waals surface area contributed by atoms with Gasteiger partial charge in [0.1, 0.15) is 5.82 Å². The molecule has 0 aliphatic heterocycles. The van der Waals surface area contributed by atoms with E-state index in [9.17, 15) is 9.18 Å². The molecule has 2 heterocycles. The van der Waals surface area contributed by atoms with Gasteiger partial charge in [-0.3, -0.25) is 14.2 Å². The van der Waals surface area contributed by atoms with E-state index in [2.05, 4.69) is 31.4 Å². The van der Waals surface area contributed by atoms with Crippen LogP contribution in [0.15, 0.2) is 53.0 Å². The Bertz CT molecular complexity index is 1350. The van der Waals surface area contributed by atoms with E-state index in [-0.39, 0.29) is 11.7 Å². The molecule has 0 fully saturated rings. The van der Waals surface area contributed by atoms with Crippen LogP contribution in [0.1, 0.15) is 38.6 Å². The Balaban J connectivity index is 1.48. The number of halogens is 3. The van der Waals surface area contributed by atoms with Crippen LogP contribution >= 0.6 is 27.5 Å². The Morgan fingerprint density at radius 1 is 1.06 bits per heavy atom. The highest BCUT2D eigenvalue weighted by Crippen LogP contribution is 2.22. The Morgan fingerprint density at radius 2 is 1.85 bits per heavy atom. The quantitative estimate of drug-likeness (QED) is 0.337. The molecule has 33 heavy (non-hydrogen) atoms. The normalized spacial score (nSPS) is 11.1. The standard InChI is InChI=1S/C24H22BrClFN5O/c1-14-9-22(30-31(14)13-19-7-8-20(27)11-21(19)26)28-24(33)18-6-4-5-17(10-18)12-32-16(3)23(25)15(2)29-32/h4-11H,12-13H2,1-3H3,(H,28,30,33). The zero-order valence-corrected chi connectivity index (χ0v) is 20.7. The van der Waals surface area contributed by atoms with Crippen LogP contribution in [-0.4, -0.2) is 25.5 Å². The van der Waals surface area contributed by atoms with Gasteiger partial charge in [0.05, 0.1) is 29.0 Å². The average molecular weight is 531 g/mol. The molecule has 6 nitrogen and oxygen atoms in total. The van der Waals surface area contributed by atoms with Gasteiger partial charge in [0, 0.05) is 22.3 Å². The number of aryl methyl sites for hydroxylation is 2. The van der Waals surface area contributed by atoms with E-state index >= 15 is 0 Å². The van der Waals surface area contributed by atoms with Gasteiger partial charge in [-0.2, -0.15) is 10.2 Å². The second-order valence-electron chi connectivity index (χ2n) is 7.86. The molecule has 4 aromatic rings. The largest absolute Gasteiger partial charge is 0.305 e. The number of rotatable bonds is 6. The van der Waals surface area contributed by atoms with Crippen molar-refractivity contribution < 1.29 is 9.18 Å². The van der Waals surface area contributed by atoms with Crippen molar-refractivity contribution in [2.24, 2.45) is 0 Å². The predicted octanol–water partition coefficient (Wildman–Crippen LogP) is 5.91. The summed E-state index contributed by atoms with van der Waals surface area (Å²) in [4.78, 5) is 12.9. The summed E-state index contributed by atoms with van der Waals surface area (Å²) in [6.45, 7) is 6.76. The summed E-state index contributed by atoms with van der Waals surface area (Å²) >= 11 is 9.68. The highest BCUT2D eigenvalue weighted by molar-refractivity contribution is 9.10. The van der Waals surface area contributed by atoms with Crippen molar-refractivity contribution in [1.29, 1.82) is 0 Å². The zero-order valence-electron chi connectivity index (χ0n) is 18.4. The first kappa shape index (κ1) is 23.2. The molecule has 2 aromatic heterocycles. The Kier molecular flexibility index (Phi) is 6.67. The Labute approximate surface area is 204 Å². The van der Waals surface area contributed by atoms with Gasteiger partial charge >= 0.3 is 0 Å². The Morgan fingerprint density at radius 3 is 2.55 bits per heavy atom. The lowest BCUT2D eigenvalue weighted by molar-refractivity contribution is 0.102. The van der Waals surface area contributed by atoms with Gasteiger partial charge in [-0.25, -0.2) is 4.39 Å². The molecule has 1 N–H and O–H groups in total. The molecule has 0 radical (unpaired) electrons. The number of anilines is 1. The summed E-state index contributed by atoms with van der Waals surface area (Å²) in [6, 6.07) is 13.5. The number of aromatic nitrogens is 4. The lowest BCUT2D eigenvalue weighted by atomic mass is 10.1. The minimum atomic E-state index is -0.387.